The van der Waals surface area contributed by atoms with Crippen molar-refractivity contribution in [1.82, 2.24) is 15.1 Å². The molecule has 4 nitrogen and oxygen atoms in total. The average molecular weight is 253 g/mol. The van der Waals surface area contributed by atoms with Crippen molar-refractivity contribution >= 4 is 0 Å². The number of rotatable bonds is 3. The number of likely N-dealkylation sites (tertiary alicyclic amines) is 2. The molecule has 0 saturated carbocycles. The molecule has 3 fully saturated rings. The second kappa shape index (κ2) is 5.87. The van der Waals surface area contributed by atoms with Crippen molar-refractivity contribution in [3.63, 3.8) is 0 Å². The Labute approximate surface area is 111 Å². The van der Waals surface area contributed by atoms with Crippen molar-refractivity contribution in [3.05, 3.63) is 0 Å². The summed E-state index contributed by atoms with van der Waals surface area (Å²) >= 11 is 0. The molecule has 1 N–H and O–H groups in total. The predicted octanol–water partition coefficient (Wildman–Crippen LogP) is 0.533. The molecule has 0 aliphatic carbocycles. The van der Waals surface area contributed by atoms with Crippen LogP contribution in [0.5, 0.6) is 0 Å². The van der Waals surface area contributed by atoms with E-state index in [1.54, 1.807) is 0 Å². The van der Waals surface area contributed by atoms with Crippen LogP contribution < -0.4 is 5.32 Å². The van der Waals surface area contributed by atoms with E-state index in [1.807, 2.05) is 0 Å². The molecule has 0 radical (unpaired) electrons. The first-order chi connectivity index (χ1) is 8.84. The highest BCUT2D eigenvalue weighted by atomic mass is 16.5. The van der Waals surface area contributed by atoms with Gasteiger partial charge >= 0.3 is 0 Å². The van der Waals surface area contributed by atoms with Crippen LogP contribution in [-0.4, -0.2) is 73.9 Å². The Morgan fingerprint density at radius 2 is 2.06 bits per heavy atom. The summed E-state index contributed by atoms with van der Waals surface area (Å²) in [5, 5.41) is 3.44. The minimum absolute atomic E-state index is 0.385. The van der Waals surface area contributed by atoms with Crippen molar-refractivity contribution in [2.24, 2.45) is 0 Å². The van der Waals surface area contributed by atoms with Gasteiger partial charge < -0.3 is 10.1 Å². The Balaban J connectivity index is 1.51. The zero-order valence-corrected chi connectivity index (χ0v) is 11.6. The number of hydrogen-bond donors (Lipinski definition) is 1. The lowest BCUT2D eigenvalue weighted by Crippen LogP contribution is -2.51. The van der Waals surface area contributed by atoms with E-state index in [-0.39, 0.29) is 0 Å². The summed E-state index contributed by atoms with van der Waals surface area (Å²) in [6.07, 6.45) is 4.55. The van der Waals surface area contributed by atoms with Gasteiger partial charge in [0.05, 0.1) is 12.7 Å². The van der Waals surface area contributed by atoms with Gasteiger partial charge in [-0.2, -0.15) is 0 Å². The molecule has 3 heterocycles. The number of morpholine rings is 1. The lowest BCUT2D eigenvalue weighted by molar-refractivity contribution is -0.0219. The highest BCUT2D eigenvalue weighted by Crippen LogP contribution is 2.23. The Morgan fingerprint density at radius 3 is 2.78 bits per heavy atom. The first-order valence-corrected chi connectivity index (χ1v) is 7.65. The topological polar surface area (TPSA) is 27.7 Å². The molecule has 18 heavy (non-hydrogen) atoms. The quantitative estimate of drug-likeness (QED) is 0.794. The summed E-state index contributed by atoms with van der Waals surface area (Å²) in [5.41, 5.74) is 0. The van der Waals surface area contributed by atoms with E-state index in [0.717, 1.165) is 25.7 Å². The van der Waals surface area contributed by atoms with Crippen molar-refractivity contribution < 1.29 is 4.74 Å². The third-order valence-electron chi connectivity index (χ3n) is 4.92. The Morgan fingerprint density at radius 1 is 1.22 bits per heavy atom. The molecule has 3 unspecified atom stereocenters. The normalized spacial score (nSPS) is 37.2. The zero-order valence-electron chi connectivity index (χ0n) is 11.6. The fourth-order valence-electron chi connectivity index (χ4n) is 3.67. The van der Waals surface area contributed by atoms with Crippen LogP contribution >= 0.6 is 0 Å². The van der Waals surface area contributed by atoms with E-state index in [0.29, 0.717) is 12.1 Å². The largest absolute Gasteiger partial charge is 0.374 e. The monoisotopic (exact) mass is 253 g/mol. The van der Waals surface area contributed by atoms with Crippen LogP contribution in [0.2, 0.25) is 0 Å². The zero-order chi connectivity index (χ0) is 12.4. The van der Waals surface area contributed by atoms with Crippen molar-refractivity contribution in [2.45, 2.75) is 44.4 Å². The van der Waals surface area contributed by atoms with Gasteiger partial charge in [0.1, 0.15) is 0 Å². The lowest BCUT2D eigenvalue weighted by Gasteiger charge is -2.35. The van der Waals surface area contributed by atoms with E-state index >= 15 is 0 Å². The number of ether oxygens (including phenoxy) is 1. The summed E-state index contributed by atoms with van der Waals surface area (Å²) < 4.78 is 5.90. The van der Waals surface area contributed by atoms with E-state index in [4.69, 9.17) is 4.74 Å². The van der Waals surface area contributed by atoms with Crippen LogP contribution in [0.25, 0.3) is 0 Å². The van der Waals surface area contributed by atoms with Crippen molar-refractivity contribution in [2.75, 3.05) is 45.9 Å². The molecule has 3 aliphatic heterocycles. The fourth-order valence-corrected chi connectivity index (χ4v) is 3.67. The SMILES string of the molecule is CC(C1CNCCO1)N1CCC(N2CCCC2)C1. The first kappa shape index (κ1) is 12.9. The van der Waals surface area contributed by atoms with Gasteiger partial charge in [-0.05, 0) is 39.3 Å². The average Bonchev–Trinajstić information content (AvgIpc) is 3.09. The van der Waals surface area contributed by atoms with Gasteiger partial charge in [0.2, 0.25) is 0 Å². The molecule has 0 amide bonds. The molecule has 3 saturated heterocycles. The molecule has 0 aromatic heterocycles. The highest BCUT2D eigenvalue weighted by molar-refractivity contribution is 4.90. The van der Waals surface area contributed by atoms with Gasteiger partial charge in [0, 0.05) is 38.3 Å². The molecule has 0 aromatic rings. The molecule has 0 spiro atoms. The van der Waals surface area contributed by atoms with E-state index in [9.17, 15) is 0 Å². The molecule has 3 aliphatic rings. The standard InChI is InChI=1S/C14H27N3O/c1-12(14-10-15-5-9-18-14)17-8-4-13(11-17)16-6-2-3-7-16/h12-15H,2-11H2,1H3. The Hall–Kier alpha value is -0.160. The van der Waals surface area contributed by atoms with Crippen LogP contribution in [-0.2, 0) is 4.74 Å². The van der Waals surface area contributed by atoms with Crippen LogP contribution in [0.1, 0.15) is 26.2 Å². The maximum atomic E-state index is 5.90. The van der Waals surface area contributed by atoms with Crippen LogP contribution in [0, 0.1) is 0 Å². The molecule has 0 bridgehead atoms. The third kappa shape index (κ3) is 2.72. The predicted molar refractivity (Wildman–Crippen MR) is 72.9 cm³/mol. The fraction of sp³-hybridized carbons (Fsp3) is 1.00. The second-order valence-corrected chi connectivity index (χ2v) is 6.03. The molecule has 3 atom stereocenters. The molecule has 4 heteroatoms. The minimum Gasteiger partial charge on any atom is -0.374 e. The maximum Gasteiger partial charge on any atom is 0.0852 e. The van der Waals surface area contributed by atoms with Crippen LogP contribution in [0.4, 0.5) is 0 Å². The number of nitrogens with zero attached hydrogens (tertiary/aromatic N) is 2. The summed E-state index contributed by atoms with van der Waals surface area (Å²) in [6.45, 7) is 10.4. The smallest absolute Gasteiger partial charge is 0.0852 e. The molecular weight excluding hydrogens is 226 g/mol. The molecule has 104 valence electrons. The lowest BCUT2D eigenvalue weighted by atomic mass is 10.1. The summed E-state index contributed by atoms with van der Waals surface area (Å²) in [5.74, 6) is 0. The minimum atomic E-state index is 0.385. The van der Waals surface area contributed by atoms with Gasteiger partial charge in [-0.15, -0.1) is 0 Å². The number of hydrogen-bond acceptors (Lipinski definition) is 4. The van der Waals surface area contributed by atoms with Gasteiger partial charge in [0.15, 0.2) is 0 Å². The number of nitrogens with one attached hydrogen (secondary N) is 1. The van der Waals surface area contributed by atoms with Crippen LogP contribution in [0.3, 0.4) is 0 Å². The van der Waals surface area contributed by atoms with Gasteiger partial charge in [-0.25, -0.2) is 0 Å². The molecular formula is C14H27N3O. The molecule has 0 aromatic carbocycles. The summed E-state index contributed by atoms with van der Waals surface area (Å²) in [7, 11) is 0. The first-order valence-electron chi connectivity index (χ1n) is 7.65. The summed E-state index contributed by atoms with van der Waals surface area (Å²) in [6, 6.07) is 1.37. The Kier molecular flexibility index (Phi) is 4.19. The highest BCUT2D eigenvalue weighted by Gasteiger charge is 2.34. The second-order valence-electron chi connectivity index (χ2n) is 6.03. The third-order valence-corrected chi connectivity index (χ3v) is 4.92. The summed E-state index contributed by atoms with van der Waals surface area (Å²) in [4.78, 5) is 5.34. The maximum absolute atomic E-state index is 5.90. The van der Waals surface area contributed by atoms with Crippen LogP contribution in [0.15, 0.2) is 0 Å². The van der Waals surface area contributed by atoms with Gasteiger partial charge in [-0.3, -0.25) is 9.80 Å². The van der Waals surface area contributed by atoms with Crippen molar-refractivity contribution in [1.29, 1.82) is 0 Å². The van der Waals surface area contributed by atoms with Gasteiger partial charge in [-0.1, -0.05) is 0 Å². The molecule has 3 rings (SSSR count). The van der Waals surface area contributed by atoms with Gasteiger partial charge in [0.25, 0.3) is 0 Å². The van der Waals surface area contributed by atoms with E-state index in [1.165, 1.54) is 45.4 Å². The Bertz CT molecular complexity index is 262. The van der Waals surface area contributed by atoms with E-state index < -0.39 is 0 Å². The van der Waals surface area contributed by atoms with Crippen molar-refractivity contribution in [3.8, 4) is 0 Å². The van der Waals surface area contributed by atoms with E-state index in [2.05, 4.69) is 22.0 Å².